The topological polar surface area (TPSA) is 76.5 Å². The minimum Gasteiger partial charge on any atom is -0.452 e. The molecule has 4 aromatic rings. The Hall–Kier alpha value is -3.87. The van der Waals surface area contributed by atoms with E-state index in [4.69, 9.17) is 4.74 Å². The number of unbranched alkanes of at least 4 members (excludes halogenated alkanes) is 2. The summed E-state index contributed by atoms with van der Waals surface area (Å²) in [5, 5.41) is 5.78. The van der Waals surface area contributed by atoms with Crippen molar-refractivity contribution >= 4 is 50.9 Å². The minimum absolute atomic E-state index is 0.0971. The number of cyclic esters (lactones) is 1. The number of ether oxygens (including phenoxy) is 1. The van der Waals surface area contributed by atoms with Gasteiger partial charge in [-0.1, -0.05) is 44.4 Å². The summed E-state index contributed by atoms with van der Waals surface area (Å²) in [7, 11) is 1.71. The number of hydrogen-bond donors (Lipinski definition) is 1. The van der Waals surface area contributed by atoms with Gasteiger partial charge in [0.05, 0.1) is 11.6 Å². The maximum absolute atomic E-state index is 13.4. The number of anilines is 3. The lowest BCUT2D eigenvalue weighted by atomic mass is 9.92. The standard InChI is InChI=1S/C31H36N4O3/c1-4-6-7-11-21-15-18-28(38-31(21)37)30(36)34(3)27-14-10-19-32-29(27)33-22-16-17-26-24(20-22)23-12-8-9-13-25(23)35(26)5-2/h8-10,12-14,16-17,19-21,28H,4-7,11,15,18H2,1-3H3,(H,32,33). The van der Waals surface area contributed by atoms with Crippen molar-refractivity contribution in [3.63, 3.8) is 0 Å². The van der Waals surface area contributed by atoms with E-state index >= 15 is 0 Å². The molecule has 2 unspecified atom stereocenters. The molecule has 0 saturated carbocycles. The van der Waals surface area contributed by atoms with Crippen LogP contribution in [0.1, 0.15) is 52.4 Å². The monoisotopic (exact) mass is 512 g/mol. The van der Waals surface area contributed by atoms with E-state index in [-0.39, 0.29) is 17.8 Å². The highest BCUT2D eigenvalue weighted by atomic mass is 16.5. The molecule has 1 N–H and O–H groups in total. The fourth-order valence-corrected chi connectivity index (χ4v) is 5.55. The van der Waals surface area contributed by atoms with Gasteiger partial charge in [-0.2, -0.15) is 0 Å². The third-order valence-corrected chi connectivity index (χ3v) is 7.63. The average Bonchev–Trinajstić information content (AvgIpc) is 3.26. The van der Waals surface area contributed by atoms with E-state index in [1.807, 2.05) is 12.1 Å². The molecule has 1 aliphatic heterocycles. The molecule has 38 heavy (non-hydrogen) atoms. The van der Waals surface area contributed by atoms with Gasteiger partial charge in [0.2, 0.25) is 0 Å². The summed E-state index contributed by atoms with van der Waals surface area (Å²) in [6.45, 7) is 5.19. The maximum atomic E-state index is 13.4. The summed E-state index contributed by atoms with van der Waals surface area (Å²) in [6.07, 6.45) is 6.26. The summed E-state index contributed by atoms with van der Waals surface area (Å²) in [4.78, 5) is 32.0. The maximum Gasteiger partial charge on any atom is 0.309 e. The van der Waals surface area contributed by atoms with Gasteiger partial charge < -0.3 is 19.5 Å². The first-order valence-corrected chi connectivity index (χ1v) is 13.7. The molecule has 2 aromatic carbocycles. The molecule has 1 fully saturated rings. The van der Waals surface area contributed by atoms with Crippen LogP contribution in [0.15, 0.2) is 60.8 Å². The van der Waals surface area contributed by atoms with Crippen LogP contribution in [-0.4, -0.2) is 34.6 Å². The van der Waals surface area contributed by atoms with Crippen LogP contribution in [0, 0.1) is 5.92 Å². The van der Waals surface area contributed by atoms with Crippen LogP contribution in [0.2, 0.25) is 0 Å². The molecule has 1 saturated heterocycles. The number of rotatable bonds is 9. The smallest absolute Gasteiger partial charge is 0.309 e. The summed E-state index contributed by atoms with van der Waals surface area (Å²) >= 11 is 0. The van der Waals surface area contributed by atoms with Gasteiger partial charge in [0.25, 0.3) is 5.91 Å². The van der Waals surface area contributed by atoms with Crippen molar-refractivity contribution in [2.45, 2.75) is 65.0 Å². The van der Waals surface area contributed by atoms with Crippen LogP contribution in [0.3, 0.4) is 0 Å². The largest absolute Gasteiger partial charge is 0.452 e. The number of fused-ring (bicyclic) bond motifs is 3. The van der Waals surface area contributed by atoms with Crippen LogP contribution >= 0.6 is 0 Å². The molecule has 5 rings (SSSR count). The zero-order valence-electron chi connectivity index (χ0n) is 22.4. The first-order chi connectivity index (χ1) is 18.5. The number of aryl methyl sites for hydroxylation is 1. The molecule has 1 aliphatic rings. The summed E-state index contributed by atoms with van der Waals surface area (Å²) < 4.78 is 7.93. The van der Waals surface area contributed by atoms with Crippen molar-refractivity contribution < 1.29 is 14.3 Å². The van der Waals surface area contributed by atoms with Gasteiger partial charge in [-0.3, -0.25) is 9.59 Å². The third kappa shape index (κ3) is 4.97. The quantitative estimate of drug-likeness (QED) is 0.197. The Labute approximate surface area is 223 Å². The number of nitrogens with one attached hydrogen (secondary N) is 1. The zero-order chi connectivity index (χ0) is 26.6. The number of hydrogen-bond acceptors (Lipinski definition) is 5. The lowest BCUT2D eigenvalue weighted by Gasteiger charge is -2.30. The lowest BCUT2D eigenvalue weighted by molar-refractivity contribution is -0.165. The van der Waals surface area contributed by atoms with Gasteiger partial charge in [0.1, 0.15) is 0 Å². The van der Waals surface area contributed by atoms with E-state index in [0.717, 1.165) is 43.3 Å². The van der Waals surface area contributed by atoms with E-state index in [0.29, 0.717) is 24.3 Å². The summed E-state index contributed by atoms with van der Waals surface area (Å²) in [5.74, 6) is -0.00679. The molecule has 3 heterocycles. The second kappa shape index (κ2) is 11.3. The van der Waals surface area contributed by atoms with Crippen molar-refractivity contribution in [3.8, 4) is 0 Å². The first kappa shape index (κ1) is 25.8. The SMILES string of the molecule is CCCCCC1CCC(C(=O)N(C)c2cccnc2Nc2ccc3c(c2)c2ccccc2n3CC)OC1=O. The lowest BCUT2D eigenvalue weighted by Crippen LogP contribution is -2.43. The predicted molar refractivity (Wildman–Crippen MR) is 153 cm³/mol. The van der Waals surface area contributed by atoms with Gasteiger partial charge in [0.15, 0.2) is 11.9 Å². The van der Waals surface area contributed by atoms with Gasteiger partial charge in [-0.05, 0) is 62.6 Å². The van der Waals surface area contributed by atoms with E-state index in [2.05, 4.69) is 65.1 Å². The Balaban J connectivity index is 1.35. The second-order valence-electron chi connectivity index (χ2n) is 10.1. The number of carbonyl (C=O) groups is 2. The van der Waals surface area contributed by atoms with E-state index in [1.54, 1.807) is 24.2 Å². The number of likely N-dealkylation sites (N-methyl/N-ethyl adjacent to an activating group) is 1. The summed E-state index contributed by atoms with van der Waals surface area (Å²) in [5.41, 5.74) is 3.91. The highest BCUT2D eigenvalue weighted by Gasteiger charge is 2.35. The van der Waals surface area contributed by atoms with E-state index in [9.17, 15) is 9.59 Å². The number of carbonyl (C=O) groups excluding carboxylic acids is 2. The molecular formula is C31H36N4O3. The molecule has 0 spiro atoms. The Bertz CT molecular complexity index is 1460. The number of amides is 1. The molecule has 7 heteroatoms. The second-order valence-corrected chi connectivity index (χ2v) is 10.1. The average molecular weight is 513 g/mol. The molecule has 198 valence electrons. The van der Waals surface area contributed by atoms with Crippen LogP contribution < -0.4 is 10.2 Å². The van der Waals surface area contributed by atoms with Crippen molar-refractivity contribution in [2.75, 3.05) is 17.3 Å². The van der Waals surface area contributed by atoms with Crippen molar-refractivity contribution in [3.05, 3.63) is 60.8 Å². The van der Waals surface area contributed by atoms with Crippen molar-refractivity contribution in [1.29, 1.82) is 0 Å². The molecular weight excluding hydrogens is 476 g/mol. The Kier molecular flexibility index (Phi) is 7.63. The molecule has 2 aromatic heterocycles. The van der Waals surface area contributed by atoms with Crippen LogP contribution in [0.5, 0.6) is 0 Å². The van der Waals surface area contributed by atoms with Gasteiger partial charge in [-0.25, -0.2) is 4.98 Å². The van der Waals surface area contributed by atoms with Crippen LogP contribution in [-0.2, 0) is 20.9 Å². The number of para-hydroxylation sites is 1. The predicted octanol–water partition coefficient (Wildman–Crippen LogP) is 6.82. The molecule has 1 amide bonds. The number of aromatic nitrogens is 2. The number of nitrogens with zero attached hydrogens (tertiary/aromatic N) is 3. The van der Waals surface area contributed by atoms with Gasteiger partial charge in [-0.15, -0.1) is 0 Å². The zero-order valence-corrected chi connectivity index (χ0v) is 22.4. The van der Waals surface area contributed by atoms with Gasteiger partial charge >= 0.3 is 5.97 Å². The number of benzene rings is 2. The highest BCUT2D eigenvalue weighted by molar-refractivity contribution is 6.09. The highest BCUT2D eigenvalue weighted by Crippen LogP contribution is 2.34. The van der Waals surface area contributed by atoms with E-state index < -0.39 is 6.10 Å². The van der Waals surface area contributed by atoms with Crippen molar-refractivity contribution in [1.82, 2.24) is 9.55 Å². The molecule has 0 aliphatic carbocycles. The molecule has 7 nitrogen and oxygen atoms in total. The molecule has 0 bridgehead atoms. The first-order valence-electron chi connectivity index (χ1n) is 13.7. The minimum atomic E-state index is -0.764. The van der Waals surface area contributed by atoms with E-state index in [1.165, 1.54) is 16.4 Å². The normalized spacial score (nSPS) is 17.5. The van der Waals surface area contributed by atoms with Crippen LogP contribution in [0.25, 0.3) is 21.8 Å². The van der Waals surface area contributed by atoms with Gasteiger partial charge in [0, 0.05) is 47.3 Å². The molecule has 2 atom stereocenters. The third-order valence-electron chi connectivity index (χ3n) is 7.63. The Morgan fingerprint density at radius 1 is 1.05 bits per heavy atom. The summed E-state index contributed by atoms with van der Waals surface area (Å²) in [6, 6.07) is 18.4. The number of pyridine rings is 1. The fourth-order valence-electron chi connectivity index (χ4n) is 5.55. The van der Waals surface area contributed by atoms with Crippen LogP contribution in [0.4, 0.5) is 17.2 Å². The molecule has 0 radical (unpaired) electrons. The Morgan fingerprint density at radius 3 is 2.66 bits per heavy atom. The fraction of sp³-hybridized carbons (Fsp3) is 0.387. The Morgan fingerprint density at radius 2 is 1.87 bits per heavy atom. The number of esters is 1. The van der Waals surface area contributed by atoms with Crippen molar-refractivity contribution in [2.24, 2.45) is 5.92 Å².